The Labute approximate surface area is 108 Å². The highest BCUT2D eigenvalue weighted by Gasteiger charge is 2.27. The fourth-order valence-electron chi connectivity index (χ4n) is 2.21. The number of hydrogen-bond acceptors (Lipinski definition) is 3. The number of rotatable bonds is 4. The van der Waals surface area contributed by atoms with Gasteiger partial charge in [0.1, 0.15) is 6.10 Å². The van der Waals surface area contributed by atoms with Crippen molar-refractivity contribution < 1.29 is 9.53 Å². The van der Waals surface area contributed by atoms with Crippen molar-refractivity contribution in [3.8, 4) is 0 Å². The largest absolute Gasteiger partial charge is 0.398 e. The molecular formula is C14H20N2O2. The van der Waals surface area contributed by atoms with Gasteiger partial charge in [0.05, 0.1) is 0 Å². The number of para-hydroxylation sites is 1. The molecule has 1 aromatic carbocycles. The van der Waals surface area contributed by atoms with E-state index in [1.807, 2.05) is 36.1 Å². The Bertz CT molecular complexity index is 414. The molecule has 1 unspecified atom stereocenters. The quantitative estimate of drug-likeness (QED) is 0.827. The topological polar surface area (TPSA) is 55.6 Å². The molecule has 0 aliphatic carbocycles. The van der Waals surface area contributed by atoms with Gasteiger partial charge in [0.2, 0.25) is 0 Å². The van der Waals surface area contributed by atoms with E-state index in [0.29, 0.717) is 19.7 Å². The minimum atomic E-state index is -0.255. The lowest BCUT2D eigenvalue weighted by atomic mass is 10.1. The van der Waals surface area contributed by atoms with Crippen LogP contribution in [0.2, 0.25) is 0 Å². The molecule has 4 nitrogen and oxygen atoms in total. The van der Waals surface area contributed by atoms with E-state index in [4.69, 9.17) is 10.5 Å². The Hall–Kier alpha value is -1.55. The van der Waals surface area contributed by atoms with Gasteiger partial charge in [0.15, 0.2) is 0 Å². The van der Waals surface area contributed by atoms with E-state index >= 15 is 0 Å². The standard InChI is InChI=1S/C14H20N2O2/c1-2-16(14(17)13-8-5-9-18-13)10-11-6-3-4-7-12(11)15/h3-4,6-7,13H,2,5,8-10,15H2,1H3. The molecule has 2 N–H and O–H groups in total. The van der Waals surface area contributed by atoms with E-state index in [0.717, 1.165) is 24.1 Å². The highest BCUT2D eigenvalue weighted by atomic mass is 16.5. The molecule has 1 aliphatic rings. The second-order valence-corrected chi connectivity index (χ2v) is 4.55. The first kappa shape index (κ1) is 12.9. The first-order valence-corrected chi connectivity index (χ1v) is 6.46. The smallest absolute Gasteiger partial charge is 0.251 e. The van der Waals surface area contributed by atoms with Crippen LogP contribution >= 0.6 is 0 Å². The molecule has 98 valence electrons. The maximum absolute atomic E-state index is 12.3. The molecule has 1 fully saturated rings. The van der Waals surface area contributed by atoms with Crippen LogP contribution in [0.1, 0.15) is 25.3 Å². The molecule has 1 amide bonds. The number of carbonyl (C=O) groups is 1. The van der Waals surface area contributed by atoms with Gasteiger partial charge in [-0.3, -0.25) is 4.79 Å². The van der Waals surface area contributed by atoms with Crippen molar-refractivity contribution in [3.05, 3.63) is 29.8 Å². The van der Waals surface area contributed by atoms with Crippen LogP contribution in [-0.2, 0) is 16.1 Å². The third kappa shape index (κ3) is 2.82. The fourth-order valence-corrected chi connectivity index (χ4v) is 2.21. The zero-order valence-electron chi connectivity index (χ0n) is 10.8. The first-order valence-electron chi connectivity index (χ1n) is 6.46. The zero-order chi connectivity index (χ0) is 13.0. The summed E-state index contributed by atoms with van der Waals surface area (Å²) in [4.78, 5) is 14.1. The van der Waals surface area contributed by atoms with Gasteiger partial charge < -0.3 is 15.4 Å². The molecule has 4 heteroatoms. The maximum atomic E-state index is 12.3. The molecule has 0 saturated carbocycles. The minimum Gasteiger partial charge on any atom is -0.398 e. The average Bonchev–Trinajstić information content (AvgIpc) is 2.91. The Morgan fingerprint density at radius 1 is 1.50 bits per heavy atom. The lowest BCUT2D eigenvalue weighted by Gasteiger charge is -2.24. The number of nitrogens with zero attached hydrogens (tertiary/aromatic N) is 1. The van der Waals surface area contributed by atoms with Crippen LogP contribution < -0.4 is 5.73 Å². The van der Waals surface area contributed by atoms with Crippen molar-refractivity contribution in [1.82, 2.24) is 4.90 Å². The molecule has 1 atom stereocenters. The Balaban J connectivity index is 2.05. The second-order valence-electron chi connectivity index (χ2n) is 4.55. The van der Waals surface area contributed by atoms with Gasteiger partial charge in [-0.25, -0.2) is 0 Å². The molecule has 0 spiro atoms. The molecule has 18 heavy (non-hydrogen) atoms. The zero-order valence-corrected chi connectivity index (χ0v) is 10.8. The molecule has 1 saturated heterocycles. The van der Waals surface area contributed by atoms with Crippen LogP contribution in [0.4, 0.5) is 5.69 Å². The van der Waals surface area contributed by atoms with E-state index in [2.05, 4.69) is 0 Å². The van der Waals surface area contributed by atoms with Gasteiger partial charge in [0, 0.05) is 25.4 Å². The maximum Gasteiger partial charge on any atom is 0.251 e. The average molecular weight is 248 g/mol. The summed E-state index contributed by atoms with van der Waals surface area (Å²) in [5.74, 6) is 0.0817. The molecular weight excluding hydrogens is 228 g/mol. The number of anilines is 1. The molecule has 1 aliphatic heterocycles. The summed E-state index contributed by atoms with van der Waals surface area (Å²) >= 11 is 0. The van der Waals surface area contributed by atoms with Crippen molar-refractivity contribution in [2.24, 2.45) is 0 Å². The summed E-state index contributed by atoms with van der Waals surface area (Å²) in [6, 6.07) is 7.66. The summed E-state index contributed by atoms with van der Waals surface area (Å²) in [5.41, 5.74) is 7.63. The van der Waals surface area contributed by atoms with Gasteiger partial charge in [-0.2, -0.15) is 0 Å². The first-order chi connectivity index (χ1) is 8.72. The van der Waals surface area contributed by atoms with Crippen LogP contribution in [-0.4, -0.2) is 30.1 Å². The third-order valence-corrected chi connectivity index (χ3v) is 3.31. The van der Waals surface area contributed by atoms with Gasteiger partial charge in [-0.05, 0) is 31.4 Å². The van der Waals surface area contributed by atoms with Crippen molar-refractivity contribution in [3.63, 3.8) is 0 Å². The van der Waals surface area contributed by atoms with Crippen LogP contribution in [0.3, 0.4) is 0 Å². The van der Waals surface area contributed by atoms with E-state index in [9.17, 15) is 4.79 Å². The molecule has 0 bridgehead atoms. The molecule has 1 heterocycles. The van der Waals surface area contributed by atoms with E-state index in [1.54, 1.807) is 0 Å². The van der Waals surface area contributed by atoms with Gasteiger partial charge in [0.25, 0.3) is 5.91 Å². The molecule has 1 aromatic rings. The molecule has 0 aromatic heterocycles. The van der Waals surface area contributed by atoms with Gasteiger partial charge in [-0.15, -0.1) is 0 Å². The SMILES string of the molecule is CCN(Cc1ccccc1N)C(=O)C1CCCO1. The third-order valence-electron chi connectivity index (χ3n) is 3.31. The predicted octanol–water partition coefficient (Wildman–Crippen LogP) is 1.80. The summed E-state index contributed by atoms with van der Waals surface area (Å²) in [7, 11) is 0. The van der Waals surface area contributed by atoms with Crippen molar-refractivity contribution in [1.29, 1.82) is 0 Å². The number of hydrogen-bond donors (Lipinski definition) is 1. The van der Waals surface area contributed by atoms with Crippen molar-refractivity contribution in [2.45, 2.75) is 32.4 Å². The summed E-state index contributed by atoms with van der Waals surface area (Å²) in [6.45, 7) is 3.91. The number of likely N-dealkylation sites (N-methyl/N-ethyl adjacent to an activating group) is 1. The Morgan fingerprint density at radius 3 is 2.89 bits per heavy atom. The van der Waals surface area contributed by atoms with Crippen LogP contribution in [0, 0.1) is 0 Å². The highest BCUT2D eigenvalue weighted by Crippen LogP contribution is 2.18. The number of amides is 1. The number of nitrogen functional groups attached to an aromatic ring is 1. The van der Waals surface area contributed by atoms with Crippen LogP contribution in [0.15, 0.2) is 24.3 Å². The van der Waals surface area contributed by atoms with Crippen LogP contribution in [0.25, 0.3) is 0 Å². The summed E-state index contributed by atoms with van der Waals surface area (Å²) in [5, 5.41) is 0. The number of nitrogens with two attached hydrogens (primary N) is 1. The lowest BCUT2D eigenvalue weighted by molar-refractivity contribution is -0.141. The van der Waals surface area contributed by atoms with E-state index < -0.39 is 0 Å². The lowest BCUT2D eigenvalue weighted by Crippen LogP contribution is -2.38. The highest BCUT2D eigenvalue weighted by molar-refractivity contribution is 5.81. The van der Waals surface area contributed by atoms with Crippen molar-refractivity contribution in [2.75, 3.05) is 18.9 Å². The van der Waals surface area contributed by atoms with E-state index in [-0.39, 0.29) is 12.0 Å². The second kappa shape index (κ2) is 5.87. The fraction of sp³-hybridized carbons (Fsp3) is 0.500. The monoisotopic (exact) mass is 248 g/mol. The molecule has 2 rings (SSSR count). The normalized spacial score (nSPS) is 18.8. The van der Waals surface area contributed by atoms with Gasteiger partial charge in [-0.1, -0.05) is 18.2 Å². The predicted molar refractivity (Wildman–Crippen MR) is 70.9 cm³/mol. The number of carbonyl (C=O) groups excluding carboxylic acids is 1. The summed E-state index contributed by atoms with van der Waals surface area (Å²) < 4.78 is 5.44. The van der Waals surface area contributed by atoms with E-state index in [1.165, 1.54) is 0 Å². The number of benzene rings is 1. The van der Waals surface area contributed by atoms with Gasteiger partial charge >= 0.3 is 0 Å². The Morgan fingerprint density at radius 2 is 2.28 bits per heavy atom. The number of ether oxygens (including phenoxy) is 1. The van der Waals surface area contributed by atoms with Crippen LogP contribution in [0.5, 0.6) is 0 Å². The van der Waals surface area contributed by atoms with Crippen molar-refractivity contribution >= 4 is 11.6 Å². The summed E-state index contributed by atoms with van der Waals surface area (Å²) in [6.07, 6.45) is 1.55. The Kier molecular flexibility index (Phi) is 4.20. The minimum absolute atomic E-state index is 0.0817. The molecule has 0 radical (unpaired) electrons.